The largest absolute Gasteiger partial charge is 0.465 e. The molecule has 0 radical (unpaired) electrons. The van der Waals surface area contributed by atoms with Gasteiger partial charge in [-0.15, -0.1) is 0 Å². The smallest absolute Gasteiger partial charge is 0.416 e. The highest BCUT2D eigenvalue weighted by molar-refractivity contribution is 9.08. The van der Waals surface area contributed by atoms with Gasteiger partial charge in [0.15, 0.2) is 0 Å². The molecule has 0 unspecified atom stereocenters. The van der Waals surface area contributed by atoms with Gasteiger partial charge in [-0.3, -0.25) is 0 Å². The Morgan fingerprint density at radius 2 is 1.93 bits per heavy atom. The quantitative estimate of drug-likeness (QED) is 0.294. The maximum atomic E-state index is 13.2. The summed E-state index contributed by atoms with van der Waals surface area (Å²) in [6.07, 6.45) is -4.52. The number of methoxy groups -OCH3 is 1. The Hall–Kier alpha value is -1.83. The molecule has 0 aliphatic carbocycles. The van der Waals surface area contributed by atoms with Crippen LogP contribution >= 0.6 is 39.1 Å². The van der Waals surface area contributed by atoms with E-state index in [0.717, 1.165) is 12.1 Å². The Labute approximate surface area is 176 Å². The molecule has 2 aromatic carbocycles. The van der Waals surface area contributed by atoms with E-state index in [-0.39, 0.29) is 37.7 Å². The van der Waals surface area contributed by atoms with Gasteiger partial charge in [-0.1, -0.05) is 51.3 Å². The minimum absolute atomic E-state index is 0.140. The number of esters is 1. The minimum atomic E-state index is -4.52. The first kappa shape index (κ1) is 20.9. The van der Waals surface area contributed by atoms with E-state index in [4.69, 9.17) is 27.9 Å². The molecule has 0 saturated heterocycles. The van der Waals surface area contributed by atoms with Gasteiger partial charge in [0.05, 0.1) is 34.5 Å². The molecule has 3 aromatic rings. The van der Waals surface area contributed by atoms with E-state index in [1.807, 2.05) is 0 Å². The van der Waals surface area contributed by atoms with Crippen molar-refractivity contribution in [1.82, 2.24) is 4.98 Å². The van der Waals surface area contributed by atoms with Crippen molar-refractivity contribution in [3.05, 3.63) is 63.1 Å². The van der Waals surface area contributed by atoms with Crippen LogP contribution in [0.5, 0.6) is 0 Å². The highest BCUT2D eigenvalue weighted by Gasteiger charge is 2.31. The summed E-state index contributed by atoms with van der Waals surface area (Å²) in [4.78, 5) is 17.0. The molecule has 1 aromatic heterocycles. The first-order valence-corrected chi connectivity index (χ1v) is 9.68. The van der Waals surface area contributed by atoms with Crippen LogP contribution in [0.2, 0.25) is 10.0 Å². The maximum Gasteiger partial charge on any atom is 0.416 e. The van der Waals surface area contributed by atoms with Crippen LogP contribution in [0.4, 0.5) is 13.2 Å². The Morgan fingerprint density at radius 3 is 2.54 bits per heavy atom. The maximum absolute atomic E-state index is 13.2. The molecule has 0 aliphatic heterocycles. The fourth-order valence-electron chi connectivity index (χ4n) is 2.88. The zero-order chi connectivity index (χ0) is 20.6. The fourth-order valence-corrected chi connectivity index (χ4v) is 3.96. The first-order valence-electron chi connectivity index (χ1n) is 7.81. The fraction of sp³-hybridized carbons (Fsp3) is 0.158. The number of hydrogen-bond acceptors (Lipinski definition) is 3. The number of carbonyl (C=O) groups is 1. The zero-order valence-electron chi connectivity index (χ0n) is 14.2. The molecule has 0 bridgehead atoms. The number of nitrogens with zero attached hydrogens (tertiary/aromatic N) is 1. The number of halogens is 6. The number of benzene rings is 2. The predicted molar refractivity (Wildman–Crippen MR) is 106 cm³/mol. The van der Waals surface area contributed by atoms with E-state index in [0.29, 0.717) is 10.9 Å². The van der Waals surface area contributed by atoms with E-state index < -0.39 is 17.7 Å². The number of rotatable bonds is 3. The summed E-state index contributed by atoms with van der Waals surface area (Å²) in [5.74, 6) is -0.673. The second-order valence-electron chi connectivity index (χ2n) is 5.80. The topological polar surface area (TPSA) is 39.2 Å². The lowest BCUT2D eigenvalue weighted by Crippen LogP contribution is -2.10. The molecule has 3 rings (SSSR count). The van der Waals surface area contributed by atoms with Crippen molar-refractivity contribution in [2.75, 3.05) is 7.11 Å². The van der Waals surface area contributed by atoms with E-state index in [1.165, 1.54) is 31.4 Å². The van der Waals surface area contributed by atoms with Crippen LogP contribution in [0.25, 0.3) is 22.2 Å². The molecule has 0 N–H and O–H groups in total. The zero-order valence-corrected chi connectivity index (χ0v) is 17.3. The SMILES string of the molecule is COC(=O)c1c(CBr)c(-c2cccc(C(F)(F)F)c2)nc2c(Cl)cc(Cl)cc12. The van der Waals surface area contributed by atoms with Crippen LogP contribution in [0, 0.1) is 0 Å². The Morgan fingerprint density at radius 1 is 1.21 bits per heavy atom. The van der Waals surface area contributed by atoms with Gasteiger partial charge < -0.3 is 4.74 Å². The van der Waals surface area contributed by atoms with Crippen molar-refractivity contribution in [2.45, 2.75) is 11.5 Å². The van der Waals surface area contributed by atoms with Gasteiger partial charge in [-0.25, -0.2) is 9.78 Å². The molecule has 0 fully saturated rings. The molecule has 0 amide bonds. The van der Waals surface area contributed by atoms with Crippen LogP contribution in [0.15, 0.2) is 36.4 Å². The average Bonchev–Trinajstić information content (AvgIpc) is 2.65. The molecule has 0 saturated carbocycles. The van der Waals surface area contributed by atoms with Gasteiger partial charge in [-0.05, 0) is 24.3 Å². The molecule has 0 atom stereocenters. The van der Waals surface area contributed by atoms with Gasteiger partial charge in [0.2, 0.25) is 0 Å². The monoisotopic (exact) mass is 491 g/mol. The number of carbonyl (C=O) groups excluding carboxylic acids is 1. The predicted octanol–water partition coefficient (Wildman–Crippen LogP) is 6.91. The summed E-state index contributed by atoms with van der Waals surface area (Å²) < 4.78 is 44.3. The Kier molecular flexibility index (Phi) is 5.89. The normalized spacial score (nSPS) is 11.7. The van der Waals surface area contributed by atoms with Crippen molar-refractivity contribution in [3.63, 3.8) is 0 Å². The summed E-state index contributed by atoms with van der Waals surface area (Å²) in [6.45, 7) is 0. The lowest BCUT2D eigenvalue weighted by atomic mass is 9.96. The molecule has 28 heavy (non-hydrogen) atoms. The molecule has 0 aliphatic rings. The van der Waals surface area contributed by atoms with E-state index in [2.05, 4.69) is 20.9 Å². The highest BCUT2D eigenvalue weighted by Crippen LogP contribution is 2.38. The lowest BCUT2D eigenvalue weighted by Gasteiger charge is -2.16. The van der Waals surface area contributed by atoms with Crippen LogP contribution in [-0.2, 0) is 16.2 Å². The van der Waals surface area contributed by atoms with Crippen molar-refractivity contribution >= 4 is 56.0 Å². The standard InChI is InChI=1S/C19H11BrCl2F3NO2/c1-28-18(27)15-12-6-11(21)7-14(22)17(12)26-16(13(15)8-20)9-3-2-4-10(5-9)19(23,24)25/h2-7H,8H2,1H3. The molecular formula is C19H11BrCl2F3NO2. The number of pyridine rings is 1. The molecule has 0 spiro atoms. The third-order valence-corrected chi connectivity index (χ3v) is 5.16. The summed E-state index contributed by atoms with van der Waals surface area (Å²) in [5.41, 5.74) is 0.318. The number of aromatic nitrogens is 1. The van der Waals surface area contributed by atoms with E-state index in [9.17, 15) is 18.0 Å². The number of alkyl halides is 4. The van der Waals surface area contributed by atoms with Crippen molar-refractivity contribution < 1.29 is 22.7 Å². The summed E-state index contributed by atoms with van der Waals surface area (Å²) in [7, 11) is 1.21. The number of fused-ring (bicyclic) bond motifs is 1. The Bertz CT molecular complexity index is 1090. The number of ether oxygens (including phenoxy) is 1. The summed E-state index contributed by atoms with van der Waals surface area (Å²) in [5, 5.41) is 0.962. The molecular weight excluding hydrogens is 482 g/mol. The van der Waals surface area contributed by atoms with Gasteiger partial charge in [0.25, 0.3) is 0 Å². The average molecular weight is 493 g/mol. The summed E-state index contributed by atoms with van der Waals surface area (Å²) in [6, 6.07) is 7.68. The second-order valence-corrected chi connectivity index (χ2v) is 7.21. The van der Waals surface area contributed by atoms with Crippen molar-refractivity contribution in [2.24, 2.45) is 0 Å². The third-order valence-electron chi connectivity index (χ3n) is 4.10. The second kappa shape index (κ2) is 7.89. The van der Waals surface area contributed by atoms with Gasteiger partial charge in [-0.2, -0.15) is 13.2 Å². The van der Waals surface area contributed by atoms with Crippen LogP contribution in [0.1, 0.15) is 21.5 Å². The minimum Gasteiger partial charge on any atom is -0.465 e. The lowest BCUT2D eigenvalue weighted by molar-refractivity contribution is -0.137. The van der Waals surface area contributed by atoms with Crippen LogP contribution < -0.4 is 0 Å². The third kappa shape index (κ3) is 3.83. The van der Waals surface area contributed by atoms with Crippen molar-refractivity contribution in [1.29, 1.82) is 0 Å². The van der Waals surface area contributed by atoms with Gasteiger partial charge >= 0.3 is 12.1 Å². The van der Waals surface area contributed by atoms with Gasteiger partial charge in [0, 0.05) is 26.9 Å². The van der Waals surface area contributed by atoms with Gasteiger partial charge in [0.1, 0.15) is 0 Å². The molecule has 146 valence electrons. The highest BCUT2D eigenvalue weighted by atomic mass is 79.9. The van der Waals surface area contributed by atoms with Crippen molar-refractivity contribution in [3.8, 4) is 11.3 Å². The molecule has 1 heterocycles. The van der Waals surface area contributed by atoms with Crippen LogP contribution in [-0.4, -0.2) is 18.1 Å². The molecule has 3 nitrogen and oxygen atoms in total. The van der Waals surface area contributed by atoms with E-state index in [1.54, 1.807) is 0 Å². The number of hydrogen-bond donors (Lipinski definition) is 0. The summed E-state index contributed by atoms with van der Waals surface area (Å²) >= 11 is 15.6. The van der Waals surface area contributed by atoms with Crippen LogP contribution in [0.3, 0.4) is 0 Å². The molecule has 9 heteroatoms. The first-order chi connectivity index (χ1) is 13.2. The van der Waals surface area contributed by atoms with E-state index >= 15 is 0 Å². The Balaban J connectivity index is 2.43.